The van der Waals surface area contributed by atoms with Crippen LogP contribution in [0.3, 0.4) is 0 Å². The summed E-state index contributed by atoms with van der Waals surface area (Å²) in [4.78, 5) is 28.0. The maximum Gasteiger partial charge on any atom is 0.295 e. The van der Waals surface area contributed by atoms with Gasteiger partial charge < -0.3 is 19.5 Å². The first-order valence-corrected chi connectivity index (χ1v) is 9.87. The molecule has 1 N–H and O–H groups in total. The molecule has 1 atom stereocenters. The Morgan fingerprint density at radius 2 is 1.96 bits per heavy atom. The third kappa shape index (κ3) is 3.26. The van der Waals surface area contributed by atoms with Crippen LogP contribution in [0.15, 0.2) is 35.2 Å². The van der Waals surface area contributed by atoms with E-state index < -0.39 is 17.7 Å². The number of likely N-dealkylation sites (tertiary alicyclic amines) is 1. The summed E-state index contributed by atoms with van der Waals surface area (Å²) in [6, 6.07) is 6.28. The maximum absolute atomic E-state index is 12.9. The van der Waals surface area contributed by atoms with Crippen LogP contribution in [0.5, 0.6) is 11.5 Å². The first kappa shape index (κ1) is 19.9. The normalized spacial score (nSPS) is 18.6. The molecule has 3 rings (SSSR count). The molecule has 148 valence electrons. The van der Waals surface area contributed by atoms with Crippen molar-refractivity contribution in [3.05, 3.63) is 51.2 Å². The van der Waals surface area contributed by atoms with Gasteiger partial charge in [0.25, 0.3) is 11.7 Å². The number of aliphatic hydroxyl groups excluding tert-OH is 1. The molecule has 1 amide bonds. The van der Waals surface area contributed by atoms with Gasteiger partial charge in [-0.25, -0.2) is 0 Å². The number of ether oxygens (including phenoxy) is 2. The molecule has 1 fully saturated rings. The Bertz CT molecular complexity index is 946. The largest absolute Gasteiger partial charge is 0.507 e. The van der Waals surface area contributed by atoms with Crippen LogP contribution >= 0.6 is 11.3 Å². The van der Waals surface area contributed by atoms with Gasteiger partial charge in [-0.15, -0.1) is 11.3 Å². The summed E-state index contributed by atoms with van der Waals surface area (Å²) in [7, 11) is 3.00. The fourth-order valence-corrected chi connectivity index (χ4v) is 4.48. The maximum atomic E-state index is 12.9. The van der Waals surface area contributed by atoms with E-state index in [1.165, 1.54) is 25.6 Å². The number of aryl methyl sites for hydroxylation is 1. The molecule has 0 saturated carbocycles. The highest BCUT2D eigenvalue weighted by molar-refractivity contribution is 7.10. The molecule has 1 aromatic carbocycles. The molecule has 0 spiro atoms. The first-order chi connectivity index (χ1) is 13.4. The van der Waals surface area contributed by atoms with E-state index in [0.717, 1.165) is 10.4 Å². The van der Waals surface area contributed by atoms with Crippen molar-refractivity contribution in [2.24, 2.45) is 0 Å². The lowest BCUT2D eigenvalue weighted by Crippen LogP contribution is -2.30. The molecular weight excluding hydrogens is 378 g/mol. The average molecular weight is 401 g/mol. The third-order valence-electron chi connectivity index (χ3n) is 4.82. The van der Waals surface area contributed by atoms with Crippen molar-refractivity contribution in [1.29, 1.82) is 0 Å². The highest BCUT2D eigenvalue weighted by Crippen LogP contribution is 2.44. The number of benzene rings is 1. The Labute approximate surface area is 168 Å². The topological polar surface area (TPSA) is 76.1 Å². The van der Waals surface area contributed by atoms with Crippen LogP contribution in [0.4, 0.5) is 0 Å². The number of hydrogen-bond acceptors (Lipinski definition) is 6. The highest BCUT2D eigenvalue weighted by atomic mass is 32.1. The van der Waals surface area contributed by atoms with Gasteiger partial charge in [-0.05, 0) is 48.6 Å². The molecule has 1 unspecified atom stereocenters. The number of Topliss-reactive ketones (excluding diaryl/α,β-unsaturated/α-hetero) is 1. The van der Waals surface area contributed by atoms with Gasteiger partial charge in [0.05, 0.1) is 31.4 Å². The van der Waals surface area contributed by atoms with E-state index in [4.69, 9.17) is 9.47 Å². The van der Waals surface area contributed by atoms with Gasteiger partial charge in [0.15, 0.2) is 0 Å². The van der Waals surface area contributed by atoms with Crippen molar-refractivity contribution >= 4 is 28.8 Å². The summed E-state index contributed by atoms with van der Waals surface area (Å²) in [5.41, 5.74) is 1.37. The molecule has 6 nitrogen and oxygen atoms in total. The Morgan fingerprint density at radius 3 is 2.54 bits per heavy atom. The predicted molar refractivity (Wildman–Crippen MR) is 108 cm³/mol. The molecule has 1 saturated heterocycles. The Kier molecular flexibility index (Phi) is 5.74. The minimum Gasteiger partial charge on any atom is -0.507 e. The van der Waals surface area contributed by atoms with E-state index in [0.29, 0.717) is 30.0 Å². The van der Waals surface area contributed by atoms with E-state index in [2.05, 4.69) is 0 Å². The van der Waals surface area contributed by atoms with Crippen LogP contribution in [0.1, 0.15) is 35.4 Å². The monoisotopic (exact) mass is 401 g/mol. The molecule has 28 heavy (non-hydrogen) atoms. The molecule has 0 radical (unpaired) electrons. The lowest BCUT2D eigenvalue weighted by molar-refractivity contribution is -0.139. The number of thiophene rings is 1. The summed E-state index contributed by atoms with van der Waals surface area (Å²) in [5, 5.41) is 13.1. The van der Waals surface area contributed by atoms with Crippen molar-refractivity contribution in [3.63, 3.8) is 0 Å². The molecule has 2 heterocycles. The minimum absolute atomic E-state index is 0.0792. The Morgan fingerprint density at radius 1 is 1.21 bits per heavy atom. The van der Waals surface area contributed by atoms with E-state index >= 15 is 0 Å². The minimum atomic E-state index is -0.686. The van der Waals surface area contributed by atoms with Gasteiger partial charge in [0.2, 0.25) is 0 Å². The van der Waals surface area contributed by atoms with E-state index in [1.54, 1.807) is 23.1 Å². The quantitative estimate of drug-likeness (QED) is 0.451. The molecular formula is C21H23NO5S. The van der Waals surface area contributed by atoms with Crippen LogP contribution in [0.2, 0.25) is 0 Å². The van der Waals surface area contributed by atoms with Crippen molar-refractivity contribution in [2.45, 2.75) is 26.3 Å². The number of methoxy groups -OCH3 is 2. The molecule has 1 aliphatic rings. The summed E-state index contributed by atoms with van der Waals surface area (Å²) < 4.78 is 10.6. The zero-order valence-corrected chi connectivity index (χ0v) is 17.1. The summed E-state index contributed by atoms with van der Waals surface area (Å²) >= 11 is 1.47. The number of hydrogen-bond donors (Lipinski definition) is 1. The van der Waals surface area contributed by atoms with Gasteiger partial charge in [0, 0.05) is 11.4 Å². The number of rotatable bonds is 6. The number of amides is 1. The second-order valence-electron chi connectivity index (χ2n) is 6.53. The molecule has 1 aromatic heterocycles. The zero-order chi connectivity index (χ0) is 20.4. The number of ketones is 1. The lowest BCUT2D eigenvalue weighted by atomic mass is 9.97. The lowest BCUT2D eigenvalue weighted by Gasteiger charge is -2.24. The van der Waals surface area contributed by atoms with Crippen molar-refractivity contribution in [3.8, 4) is 11.5 Å². The molecule has 1 aliphatic heterocycles. The first-order valence-electron chi connectivity index (χ1n) is 8.99. The third-order valence-corrected chi connectivity index (χ3v) is 5.89. The van der Waals surface area contributed by atoms with Crippen LogP contribution in [0, 0.1) is 6.92 Å². The van der Waals surface area contributed by atoms with Crippen LogP contribution in [-0.2, 0) is 9.59 Å². The fourth-order valence-electron chi connectivity index (χ4n) is 3.43. The second-order valence-corrected chi connectivity index (χ2v) is 7.47. The summed E-state index contributed by atoms with van der Waals surface area (Å²) in [5.74, 6) is -0.641. The zero-order valence-electron chi connectivity index (χ0n) is 16.3. The molecule has 0 bridgehead atoms. The van der Waals surface area contributed by atoms with E-state index in [-0.39, 0.29) is 11.3 Å². The number of aliphatic hydroxyl groups is 1. The Hall–Kier alpha value is -2.80. The van der Waals surface area contributed by atoms with Crippen molar-refractivity contribution in [2.75, 3.05) is 20.8 Å². The standard InChI is InChI=1S/C21H23NO5S/c1-5-9-22-17(20-12(2)8-10-28-20)16(19(24)21(22)25)18(23)14-11-13(26-3)6-7-15(14)27-4/h6-8,10-11,17,23H,5,9H2,1-4H3/b18-16+. The van der Waals surface area contributed by atoms with E-state index in [9.17, 15) is 14.7 Å². The number of nitrogens with zero attached hydrogens (tertiary/aromatic N) is 1. The summed E-state index contributed by atoms with van der Waals surface area (Å²) in [6.07, 6.45) is 0.705. The Balaban J connectivity index is 2.25. The second kappa shape index (κ2) is 8.06. The van der Waals surface area contributed by atoms with Crippen molar-refractivity contribution < 1.29 is 24.2 Å². The van der Waals surface area contributed by atoms with Crippen LogP contribution < -0.4 is 9.47 Å². The van der Waals surface area contributed by atoms with Gasteiger partial charge in [-0.2, -0.15) is 0 Å². The average Bonchev–Trinajstić information content (AvgIpc) is 3.23. The van der Waals surface area contributed by atoms with Gasteiger partial charge in [-0.3, -0.25) is 9.59 Å². The van der Waals surface area contributed by atoms with Crippen LogP contribution in [0.25, 0.3) is 5.76 Å². The molecule has 0 aliphatic carbocycles. The number of carbonyl (C=O) groups is 2. The fraction of sp³-hybridized carbons (Fsp3) is 0.333. The predicted octanol–water partition coefficient (Wildman–Crippen LogP) is 3.91. The smallest absolute Gasteiger partial charge is 0.295 e. The van der Waals surface area contributed by atoms with Crippen LogP contribution in [-0.4, -0.2) is 42.5 Å². The number of carbonyl (C=O) groups excluding carboxylic acids is 2. The highest BCUT2D eigenvalue weighted by Gasteiger charge is 2.46. The van der Waals surface area contributed by atoms with Gasteiger partial charge in [-0.1, -0.05) is 6.92 Å². The summed E-state index contributed by atoms with van der Waals surface area (Å²) in [6.45, 7) is 4.31. The van der Waals surface area contributed by atoms with E-state index in [1.807, 2.05) is 25.3 Å². The SMILES string of the molecule is CCCN1C(=O)C(=O)/C(=C(/O)c2cc(OC)ccc2OC)C1c1sccc1C. The van der Waals surface area contributed by atoms with Gasteiger partial charge in [0.1, 0.15) is 17.3 Å². The molecule has 7 heteroatoms. The molecule has 2 aromatic rings. The van der Waals surface area contributed by atoms with Crippen molar-refractivity contribution in [1.82, 2.24) is 4.90 Å². The van der Waals surface area contributed by atoms with Gasteiger partial charge >= 0.3 is 0 Å².